The average molecular weight is 558 g/mol. The predicted molar refractivity (Wildman–Crippen MR) is 153 cm³/mol. The first kappa shape index (κ1) is 32.6. The van der Waals surface area contributed by atoms with E-state index < -0.39 is 17.7 Å². The van der Waals surface area contributed by atoms with E-state index in [1.54, 1.807) is 14.2 Å². The van der Waals surface area contributed by atoms with Crippen molar-refractivity contribution in [1.29, 1.82) is 0 Å². The quantitative estimate of drug-likeness (QED) is 0.140. The molecule has 1 heterocycles. The Balaban J connectivity index is 0.000000305. The van der Waals surface area contributed by atoms with Gasteiger partial charge >= 0.3 is 0 Å². The van der Waals surface area contributed by atoms with Gasteiger partial charge in [0.25, 0.3) is 11.7 Å². The molecule has 1 aliphatic heterocycles. The fourth-order valence-electron chi connectivity index (χ4n) is 4.54. The largest absolute Gasteiger partial charge is 0.497 e. The van der Waals surface area contributed by atoms with Gasteiger partial charge in [-0.1, -0.05) is 25.0 Å². The molecule has 1 amide bonds. The molecule has 1 aliphatic rings. The molecule has 3 rings (SSSR count). The molecule has 1 fully saturated rings. The molecular formula is C31H43NO8. The Morgan fingerprint density at radius 3 is 2.05 bits per heavy atom. The topological polar surface area (TPSA) is 101 Å². The number of carbonyl (C=O) groups excluding carboxylic acids is 3. The number of rotatable bonds is 14. The van der Waals surface area contributed by atoms with Crippen LogP contribution >= 0.6 is 0 Å². The van der Waals surface area contributed by atoms with Crippen molar-refractivity contribution in [2.75, 3.05) is 48.7 Å². The number of ketones is 1. The van der Waals surface area contributed by atoms with Crippen LogP contribution in [0.5, 0.6) is 23.0 Å². The zero-order valence-electron chi connectivity index (χ0n) is 24.4. The van der Waals surface area contributed by atoms with Crippen LogP contribution in [0, 0.1) is 0 Å². The van der Waals surface area contributed by atoms with Gasteiger partial charge in [0.05, 0.1) is 34.5 Å². The Labute approximate surface area is 237 Å². The second kappa shape index (κ2) is 17.9. The molecule has 0 radical (unpaired) electrons. The van der Waals surface area contributed by atoms with Crippen molar-refractivity contribution in [2.45, 2.75) is 57.4 Å². The first-order valence-corrected chi connectivity index (χ1v) is 13.7. The molecule has 1 atom stereocenters. The summed E-state index contributed by atoms with van der Waals surface area (Å²) in [6, 6.07) is 10.7. The van der Waals surface area contributed by atoms with Gasteiger partial charge in [0.15, 0.2) is 11.5 Å². The molecule has 2 aromatic carbocycles. The summed E-state index contributed by atoms with van der Waals surface area (Å²) >= 11 is 0. The number of methoxy groups -OCH3 is 5. The lowest BCUT2D eigenvalue weighted by molar-refractivity contribution is -0.133. The van der Waals surface area contributed by atoms with Crippen molar-refractivity contribution in [3.05, 3.63) is 47.5 Å². The highest BCUT2D eigenvalue weighted by molar-refractivity contribution is 6.43. The number of likely N-dealkylation sites (tertiary alicyclic amines) is 1. The first-order valence-electron chi connectivity index (χ1n) is 13.7. The van der Waals surface area contributed by atoms with E-state index in [1.807, 2.05) is 12.1 Å². The van der Waals surface area contributed by atoms with E-state index in [2.05, 4.69) is 12.1 Å². The minimum Gasteiger partial charge on any atom is -0.497 e. The highest BCUT2D eigenvalue weighted by Crippen LogP contribution is 2.38. The van der Waals surface area contributed by atoms with Crippen LogP contribution < -0.4 is 18.9 Å². The maximum absolute atomic E-state index is 12.6. The van der Waals surface area contributed by atoms with E-state index in [0.29, 0.717) is 30.2 Å². The third-order valence-electron chi connectivity index (χ3n) is 6.81. The van der Waals surface area contributed by atoms with Crippen molar-refractivity contribution in [3.8, 4) is 23.0 Å². The number of nitrogens with zero attached hydrogens (tertiary/aromatic N) is 1. The maximum atomic E-state index is 12.6. The summed E-state index contributed by atoms with van der Waals surface area (Å²) in [6.45, 7) is 1.29. The molecule has 1 unspecified atom stereocenters. The van der Waals surface area contributed by atoms with Crippen LogP contribution in [0.3, 0.4) is 0 Å². The zero-order chi connectivity index (χ0) is 29.3. The van der Waals surface area contributed by atoms with Gasteiger partial charge in [0.1, 0.15) is 12.0 Å². The van der Waals surface area contributed by atoms with E-state index in [-0.39, 0.29) is 5.56 Å². The predicted octanol–water partition coefficient (Wildman–Crippen LogP) is 4.92. The van der Waals surface area contributed by atoms with E-state index >= 15 is 0 Å². The summed E-state index contributed by atoms with van der Waals surface area (Å²) in [5.41, 5.74) is 1.53. The van der Waals surface area contributed by atoms with Crippen LogP contribution in [-0.2, 0) is 20.7 Å². The van der Waals surface area contributed by atoms with Crippen LogP contribution in [0.2, 0.25) is 0 Å². The summed E-state index contributed by atoms with van der Waals surface area (Å²) < 4.78 is 25.7. The number of benzene rings is 2. The van der Waals surface area contributed by atoms with Crippen molar-refractivity contribution >= 4 is 18.0 Å². The van der Waals surface area contributed by atoms with Gasteiger partial charge in [-0.15, -0.1) is 0 Å². The fourth-order valence-corrected chi connectivity index (χ4v) is 4.54. The number of Topliss-reactive ketones (excluding diaryl/α,β-unsaturated/α-hetero) is 1. The number of carbonyl (C=O) groups is 3. The molecule has 0 aliphatic carbocycles. The molecular weight excluding hydrogens is 514 g/mol. The molecule has 2 aromatic rings. The van der Waals surface area contributed by atoms with Gasteiger partial charge in [0, 0.05) is 25.8 Å². The van der Waals surface area contributed by atoms with Gasteiger partial charge < -0.3 is 33.4 Å². The average Bonchev–Trinajstić information content (AvgIpc) is 3.01. The first-order chi connectivity index (χ1) is 19.4. The number of piperidine rings is 1. The number of amides is 1. The minimum atomic E-state index is -0.706. The van der Waals surface area contributed by atoms with E-state index in [9.17, 15) is 14.4 Å². The number of unbranched alkanes of at least 4 members (excludes halogenated alkanes) is 3. The van der Waals surface area contributed by atoms with Crippen molar-refractivity contribution in [3.63, 3.8) is 0 Å². The molecule has 0 aromatic heterocycles. The second-order valence-electron chi connectivity index (χ2n) is 9.45. The summed E-state index contributed by atoms with van der Waals surface area (Å²) in [6.07, 6.45) is 9.10. The highest BCUT2D eigenvalue weighted by atomic mass is 16.5. The smallest absolute Gasteiger partial charge is 0.295 e. The number of ether oxygens (including phenoxy) is 5. The van der Waals surface area contributed by atoms with Gasteiger partial charge in [-0.05, 0) is 68.4 Å². The Morgan fingerprint density at radius 1 is 0.850 bits per heavy atom. The number of aldehydes is 1. The van der Waals surface area contributed by atoms with E-state index in [4.69, 9.17) is 23.7 Å². The fraction of sp³-hybridized carbons (Fsp3) is 0.516. The van der Waals surface area contributed by atoms with E-state index in [0.717, 1.165) is 37.9 Å². The molecule has 1 saturated heterocycles. The van der Waals surface area contributed by atoms with Crippen LogP contribution in [0.15, 0.2) is 36.4 Å². The Bertz CT molecular complexity index is 1040. The van der Waals surface area contributed by atoms with Crippen LogP contribution in [-0.4, -0.2) is 77.6 Å². The normalized spacial score (nSPS) is 14.4. The Morgan fingerprint density at radius 2 is 1.50 bits per heavy atom. The van der Waals surface area contributed by atoms with Crippen LogP contribution in [0.4, 0.5) is 0 Å². The monoisotopic (exact) mass is 557 g/mol. The van der Waals surface area contributed by atoms with E-state index in [1.165, 1.54) is 69.6 Å². The maximum Gasteiger partial charge on any atom is 0.295 e. The van der Waals surface area contributed by atoms with Gasteiger partial charge in [-0.2, -0.15) is 0 Å². The zero-order valence-corrected chi connectivity index (χ0v) is 24.4. The summed E-state index contributed by atoms with van der Waals surface area (Å²) in [5.74, 6) is 0.456. The second-order valence-corrected chi connectivity index (χ2v) is 9.45. The molecule has 40 heavy (non-hydrogen) atoms. The van der Waals surface area contributed by atoms with Gasteiger partial charge in [0.2, 0.25) is 5.75 Å². The van der Waals surface area contributed by atoms with Crippen molar-refractivity contribution in [1.82, 2.24) is 4.90 Å². The summed E-state index contributed by atoms with van der Waals surface area (Å²) in [5, 5.41) is 0. The lowest BCUT2D eigenvalue weighted by Gasteiger charge is -2.31. The molecule has 0 saturated carbocycles. The standard InChI is InChI=1S/C17H21NO6.C14H22O2/c1-22-13-8-11(9-14(23-2)16(13)24-3)15(20)17(21)18-7-5-4-6-12(18)10-19;1-15-12-6-4-3-5-7-13-8-10-14(16-2)11-9-13/h8-10,12H,4-7H2,1-3H3;8-11H,3-7,12H2,1-2H3. The Hall–Kier alpha value is -3.59. The lowest BCUT2D eigenvalue weighted by Crippen LogP contribution is -2.47. The molecule has 0 spiro atoms. The number of aryl methyl sites for hydroxylation is 1. The van der Waals surface area contributed by atoms with Crippen LogP contribution in [0.25, 0.3) is 0 Å². The molecule has 0 bridgehead atoms. The number of hydrogen-bond donors (Lipinski definition) is 0. The Kier molecular flexibility index (Phi) is 14.6. The molecule has 9 heteroatoms. The third kappa shape index (κ3) is 9.55. The van der Waals surface area contributed by atoms with Gasteiger partial charge in [-0.3, -0.25) is 9.59 Å². The summed E-state index contributed by atoms with van der Waals surface area (Å²) in [7, 11) is 7.78. The highest BCUT2D eigenvalue weighted by Gasteiger charge is 2.32. The number of hydrogen-bond acceptors (Lipinski definition) is 8. The lowest BCUT2D eigenvalue weighted by atomic mass is 10.0. The van der Waals surface area contributed by atoms with Crippen molar-refractivity contribution < 1.29 is 38.1 Å². The summed E-state index contributed by atoms with van der Waals surface area (Å²) in [4.78, 5) is 37.6. The molecule has 220 valence electrons. The third-order valence-corrected chi connectivity index (χ3v) is 6.81. The SMILES string of the molecule is COCCCCCCc1ccc(OC)cc1.COc1cc(C(=O)C(=O)N2CCCCC2C=O)cc(OC)c1OC. The van der Waals surface area contributed by atoms with Crippen molar-refractivity contribution in [2.24, 2.45) is 0 Å². The molecule has 9 nitrogen and oxygen atoms in total. The minimum absolute atomic E-state index is 0.129. The molecule has 0 N–H and O–H groups in total. The van der Waals surface area contributed by atoms with Gasteiger partial charge in [-0.25, -0.2) is 0 Å². The van der Waals surface area contributed by atoms with Crippen LogP contribution in [0.1, 0.15) is 60.9 Å².